The third-order valence-corrected chi connectivity index (χ3v) is 12.7. The lowest BCUT2D eigenvalue weighted by molar-refractivity contribution is -0.133. The maximum absolute atomic E-state index is 17.2. The first-order valence-electron chi connectivity index (χ1n) is 18.5. The average molecular weight is 777 g/mol. The summed E-state index contributed by atoms with van der Waals surface area (Å²) in [6.07, 6.45) is 2.15. The van der Waals surface area contributed by atoms with Crippen LogP contribution in [0.25, 0.3) is 32.9 Å². The molecule has 0 radical (unpaired) electrons. The molecule has 14 heteroatoms. The molecule has 5 aliphatic rings. The molecule has 5 fully saturated rings. The van der Waals surface area contributed by atoms with Gasteiger partial charge in [0.2, 0.25) is 5.91 Å². The highest BCUT2D eigenvalue weighted by atomic mass is 35.5. The number of carbonyl (C=O) groups is 1. The summed E-state index contributed by atoms with van der Waals surface area (Å²) in [4.78, 5) is 20.9. The number of fused-ring (bicyclic) bond motifs is 4. The fraction of sp³-hybridized carbons (Fsp3) is 0.450. The Bertz CT molecular complexity index is 2370. The van der Waals surface area contributed by atoms with Gasteiger partial charge in [0.25, 0.3) is 6.43 Å². The molecule has 1 N–H and O–H groups in total. The number of halogens is 5. The van der Waals surface area contributed by atoms with E-state index in [1.54, 1.807) is 25.1 Å². The Morgan fingerprint density at radius 2 is 1.98 bits per heavy atom. The quantitative estimate of drug-likeness (QED) is 0.153. The number of nitriles is 1. The smallest absolute Gasteiger partial charge is 0.257 e. The number of hydrogen-bond acceptors (Lipinski definition) is 6. The first-order chi connectivity index (χ1) is 26.0. The standard InChI is InChI=1S/C40H38Cl2F3N7O2/c1-19-26-14-31(30-13-24(17-50(30)40(53)21-8-9-21)54-32-16-48-51(20(32)2)18-33(43)44)52(38-23-12-29(38)47-15-23)39(26)27-11-22(5-4-10-46)34(36(45)37(27)49-19)25-6-3-7-28(41)35(25)42/h3,6-7,11,14,16,21,23-24,29-30,33,38,47H,4-5,8-9,12-13,15,17-18H2,1-2H3. The number of nitrogens with zero attached hydrogens (tertiary/aromatic N) is 6. The molecule has 2 aliphatic carbocycles. The van der Waals surface area contributed by atoms with Gasteiger partial charge >= 0.3 is 0 Å². The molecule has 0 spiro atoms. The fourth-order valence-electron chi connectivity index (χ4n) is 9.11. The monoisotopic (exact) mass is 775 g/mol. The lowest BCUT2D eigenvalue weighted by Crippen LogP contribution is -2.41. The van der Waals surface area contributed by atoms with Crippen LogP contribution in [0.2, 0.25) is 10.0 Å². The van der Waals surface area contributed by atoms with Gasteiger partial charge in [0.15, 0.2) is 11.6 Å². The van der Waals surface area contributed by atoms with Gasteiger partial charge in [-0.25, -0.2) is 18.2 Å². The molecule has 2 aromatic carbocycles. The Labute approximate surface area is 320 Å². The molecule has 3 aromatic heterocycles. The van der Waals surface area contributed by atoms with E-state index in [9.17, 15) is 18.8 Å². The predicted molar refractivity (Wildman–Crippen MR) is 199 cm³/mol. The Kier molecular flexibility index (Phi) is 8.83. The van der Waals surface area contributed by atoms with Gasteiger partial charge in [-0.1, -0.05) is 35.3 Å². The van der Waals surface area contributed by atoms with Crippen LogP contribution in [0.5, 0.6) is 5.75 Å². The number of nitrogens with one attached hydrogen (secondary N) is 1. The van der Waals surface area contributed by atoms with Crippen molar-refractivity contribution in [3.63, 3.8) is 0 Å². The molecule has 3 saturated heterocycles. The molecule has 3 aliphatic heterocycles. The van der Waals surface area contributed by atoms with Crippen molar-refractivity contribution in [2.45, 2.75) is 89.6 Å². The molecule has 2 saturated carbocycles. The molecule has 9 nitrogen and oxygen atoms in total. The van der Waals surface area contributed by atoms with Gasteiger partial charge < -0.3 is 19.5 Å². The van der Waals surface area contributed by atoms with E-state index >= 15 is 4.39 Å². The van der Waals surface area contributed by atoms with Crippen molar-refractivity contribution >= 4 is 50.9 Å². The van der Waals surface area contributed by atoms with Crippen LogP contribution in [0.1, 0.15) is 66.8 Å². The molecule has 5 aromatic rings. The molecule has 10 rings (SSSR count). The lowest BCUT2D eigenvalue weighted by atomic mass is 9.79. The number of aromatic nitrogens is 4. The van der Waals surface area contributed by atoms with Crippen molar-refractivity contribution < 1.29 is 22.7 Å². The zero-order chi connectivity index (χ0) is 37.6. The van der Waals surface area contributed by atoms with Crippen molar-refractivity contribution in [1.82, 2.24) is 29.5 Å². The number of carbonyl (C=O) groups excluding carboxylic acids is 1. The third-order valence-electron chi connectivity index (χ3n) is 11.9. The number of rotatable bonds is 10. The van der Waals surface area contributed by atoms with E-state index in [1.165, 1.54) is 10.9 Å². The van der Waals surface area contributed by atoms with Crippen molar-refractivity contribution in [2.75, 3.05) is 13.1 Å². The highest BCUT2D eigenvalue weighted by Crippen LogP contribution is 2.51. The Hall–Kier alpha value is -4.31. The van der Waals surface area contributed by atoms with Crippen LogP contribution < -0.4 is 10.1 Å². The molecular formula is C40H38Cl2F3N7O2. The van der Waals surface area contributed by atoms with Gasteiger partial charge in [-0.15, -0.1) is 0 Å². The first-order valence-corrected chi connectivity index (χ1v) is 19.3. The van der Waals surface area contributed by atoms with Crippen LogP contribution in [0.4, 0.5) is 13.2 Å². The minimum absolute atomic E-state index is 0.0427. The van der Waals surface area contributed by atoms with E-state index in [0.29, 0.717) is 64.0 Å². The largest absolute Gasteiger partial charge is 0.485 e. The summed E-state index contributed by atoms with van der Waals surface area (Å²) in [5.41, 5.74) is 4.50. The molecule has 54 heavy (non-hydrogen) atoms. The van der Waals surface area contributed by atoms with Crippen molar-refractivity contribution in [3.8, 4) is 22.9 Å². The van der Waals surface area contributed by atoms with E-state index in [1.807, 2.05) is 17.9 Å². The maximum Gasteiger partial charge on any atom is 0.257 e. The third kappa shape index (κ3) is 5.73. The maximum atomic E-state index is 17.2. The number of pyridine rings is 1. The summed E-state index contributed by atoms with van der Waals surface area (Å²) in [6.45, 7) is 4.26. The van der Waals surface area contributed by atoms with Crippen LogP contribution in [0.15, 0.2) is 36.5 Å². The molecule has 5 unspecified atom stereocenters. The minimum Gasteiger partial charge on any atom is -0.485 e. The van der Waals surface area contributed by atoms with Crippen molar-refractivity contribution in [2.24, 2.45) is 11.8 Å². The normalized spacial score (nSPS) is 23.5. The van der Waals surface area contributed by atoms with Crippen LogP contribution in [-0.2, 0) is 17.8 Å². The SMILES string of the molecule is Cc1nc2c(F)c(-c3cccc(Cl)c3Cl)c(CCC#N)cc2c2c1cc(C1CC(Oc3cnn(CC(F)F)c3C)CN1C(=O)C1CC1)n2C1C2CNC1C2. The summed E-state index contributed by atoms with van der Waals surface area (Å²) in [5.74, 6) is 0.282. The zero-order valence-electron chi connectivity index (χ0n) is 29.8. The second kappa shape index (κ2) is 13.5. The molecule has 2 bridgehead atoms. The van der Waals surface area contributed by atoms with Crippen LogP contribution >= 0.6 is 23.2 Å². The minimum atomic E-state index is -2.55. The van der Waals surface area contributed by atoms with Crippen LogP contribution in [0.3, 0.4) is 0 Å². The summed E-state index contributed by atoms with van der Waals surface area (Å²) in [5, 5.41) is 19.4. The number of aryl methyl sites for hydroxylation is 2. The molecule has 1 amide bonds. The van der Waals surface area contributed by atoms with E-state index in [0.717, 1.165) is 42.4 Å². The number of hydrogen-bond donors (Lipinski definition) is 1. The van der Waals surface area contributed by atoms with Gasteiger partial charge in [0.05, 0.1) is 52.2 Å². The van der Waals surface area contributed by atoms with Crippen LogP contribution in [0, 0.1) is 42.8 Å². The number of alkyl halides is 2. The summed E-state index contributed by atoms with van der Waals surface area (Å²) >= 11 is 13.1. The Balaban J connectivity index is 1.22. The van der Waals surface area contributed by atoms with Gasteiger partial charge in [-0.05, 0) is 69.2 Å². The van der Waals surface area contributed by atoms with Crippen molar-refractivity contribution in [3.05, 3.63) is 75.0 Å². The number of ether oxygens (including phenoxy) is 1. The predicted octanol–water partition coefficient (Wildman–Crippen LogP) is 8.50. The summed E-state index contributed by atoms with van der Waals surface area (Å²) in [7, 11) is 0. The highest BCUT2D eigenvalue weighted by Gasteiger charge is 2.51. The number of amides is 1. The molecule has 6 heterocycles. The molecule has 280 valence electrons. The van der Waals surface area contributed by atoms with Gasteiger partial charge in [0.1, 0.15) is 18.2 Å². The second-order valence-corrected chi connectivity index (χ2v) is 16.0. The zero-order valence-corrected chi connectivity index (χ0v) is 31.3. The van der Waals surface area contributed by atoms with Gasteiger partial charge in [-0.3, -0.25) is 9.48 Å². The Morgan fingerprint density at radius 3 is 2.69 bits per heavy atom. The van der Waals surface area contributed by atoms with E-state index < -0.39 is 24.9 Å². The van der Waals surface area contributed by atoms with E-state index in [4.69, 9.17) is 32.9 Å². The first kappa shape index (κ1) is 35.4. The average Bonchev–Trinajstić information content (AvgIpc) is 3.51. The number of likely N-dealkylation sites (tertiary alicyclic amines) is 1. The fourth-order valence-corrected chi connectivity index (χ4v) is 9.50. The Morgan fingerprint density at radius 1 is 1.17 bits per heavy atom. The molecule has 5 atom stereocenters. The second-order valence-electron chi connectivity index (χ2n) is 15.2. The summed E-state index contributed by atoms with van der Waals surface area (Å²) < 4.78 is 53.7. The van der Waals surface area contributed by atoms with E-state index in [-0.39, 0.29) is 52.5 Å². The van der Waals surface area contributed by atoms with Gasteiger partial charge in [0, 0.05) is 64.6 Å². The van der Waals surface area contributed by atoms with Crippen LogP contribution in [-0.4, -0.2) is 61.8 Å². The molecular weight excluding hydrogens is 738 g/mol. The van der Waals surface area contributed by atoms with Crippen molar-refractivity contribution in [1.29, 1.82) is 5.26 Å². The lowest BCUT2D eigenvalue weighted by Gasteiger charge is -2.39. The topological polar surface area (TPSA) is 101 Å². The summed E-state index contributed by atoms with van der Waals surface area (Å²) in [6, 6.07) is 11.3. The number of benzene rings is 2. The van der Waals surface area contributed by atoms with Gasteiger partial charge in [-0.2, -0.15) is 10.4 Å². The highest BCUT2D eigenvalue weighted by molar-refractivity contribution is 6.43. The van der Waals surface area contributed by atoms with E-state index in [2.05, 4.69) is 27.1 Å².